The van der Waals surface area contributed by atoms with Gasteiger partial charge in [0.05, 0.1) is 23.2 Å². The number of hydrogen-bond acceptors (Lipinski definition) is 4. The van der Waals surface area contributed by atoms with E-state index in [1.165, 1.54) is 0 Å². The summed E-state index contributed by atoms with van der Waals surface area (Å²) >= 11 is 12.4. The van der Waals surface area contributed by atoms with Crippen molar-refractivity contribution in [2.45, 2.75) is 18.6 Å². The van der Waals surface area contributed by atoms with Gasteiger partial charge in [0.15, 0.2) is 0 Å². The van der Waals surface area contributed by atoms with Crippen LogP contribution in [0.25, 0.3) is 0 Å². The second-order valence-corrected chi connectivity index (χ2v) is 8.91. The number of anilines is 2. The van der Waals surface area contributed by atoms with Crippen LogP contribution in [-0.2, 0) is 4.74 Å². The van der Waals surface area contributed by atoms with Crippen molar-refractivity contribution in [1.29, 1.82) is 0 Å². The van der Waals surface area contributed by atoms with Crippen LogP contribution >= 0.6 is 23.2 Å². The Morgan fingerprint density at radius 3 is 2.44 bits per heavy atom. The lowest BCUT2D eigenvalue weighted by Gasteiger charge is -2.25. The molecule has 8 heteroatoms. The topological polar surface area (TPSA) is 70.7 Å². The average molecular weight is 498 g/mol. The molecule has 1 aliphatic heterocycles. The average Bonchev–Trinajstić information content (AvgIpc) is 3.00. The molecule has 0 bridgehead atoms. The van der Waals surface area contributed by atoms with Gasteiger partial charge in [-0.2, -0.15) is 0 Å². The van der Waals surface area contributed by atoms with Gasteiger partial charge in [-0.15, -0.1) is 0 Å². The quantitative estimate of drug-likeness (QED) is 0.483. The molecule has 1 heterocycles. The molecule has 34 heavy (non-hydrogen) atoms. The fourth-order valence-electron chi connectivity index (χ4n) is 4.15. The lowest BCUT2D eigenvalue weighted by atomic mass is 10.0. The molecule has 3 aromatic rings. The second-order valence-electron chi connectivity index (χ2n) is 8.06. The molecule has 0 spiro atoms. The van der Waals surface area contributed by atoms with Gasteiger partial charge in [0.1, 0.15) is 0 Å². The van der Waals surface area contributed by atoms with Crippen molar-refractivity contribution < 1.29 is 14.3 Å². The molecular weight excluding hydrogens is 473 g/mol. The van der Waals surface area contributed by atoms with Gasteiger partial charge in [-0.05, 0) is 73.6 Å². The molecule has 2 amide bonds. The summed E-state index contributed by atoms with van der Waals surface area (Å²) in [7, 11) is 3.54. The zero-order valence-corrected chi connectivity index (χ0v) is 20.4. The standard InChI is InChI=1S/C26H25Cl2N3O3/c1-29-23-14-19(34-2)15-31(24-12-9-17(27)13-21(23)24)26(33)16-7-10-18(11-8-16)30-25(32)20-5-3-4-6-22(20)28/h3-13,19,23,29H,14-15H2,1-2H3,(H,30,32). The summed E-state index contributed by atoms with van der Waals surface area (Å²) in [6.45, 7) is 0.410. The SMILES string of the molecule is CNC1CC(OC)CN(C(=O)c2ccc(NC(=O)c3ccccc3Cl)cc2)c2ccc(Cl)cc21. The van der Waals surface area contributed by atoms with E-state index >= 15 is 0 Å². The van der Waals surface area contributed by atoms with E-state index < -0.39 is 0 Å². The number of nitrogens with zero attached hydrogens (tertiary/aromatic N) is 1. The molecule has 4 rings (SSSR count). The van der Waals surface area contributed by atoms with Crippen LogP contribution in [0, 0.1) is 0 Å². The van der Waals surface area contributed by atoms with Crippen LogP contribution < -0.4 is 15.5 Å². The number of fused-ring (bicyclic) bond motifs is 1. The Bertz CT molecular complexity index is 1200. The first-order valence-corrected chi connectivity index (χ1v) is 11.6. The number of ether oxygens (including phenoxy) is 1. The van der Waals surface area contributed by atoms with E-state index in [2.05, 4.69) is 10.6 Å². The summed E-state index contributed by atoms with van der Waals surface area (Å²) in [5, 5.41) is 7.11. The van der Waals surface area contributed by atoms with Crippen molar-refractivity contribution in [3.8, 4) is 0 Å². The van der Waals surface area contributed by atoms with Crippen molar-refractivity contribution in [2.75, 3.05) is 30.9 Å². The summed E-state index contributed by atoms with van der Waals surface area (Å²) in [5.74, 6) is -0.476. The molecule has 0 aromatic heterocycles. The monoisotopic (exact) mass is 497 g/mol. The van der Waals surface area contributed by atoms with Crippen LogP contribution in [0.15, 0.2) is 66.7 Å². The smallest absolute Gasteiger partial charge is 0.258 e. The maximum absolute atomic E-state index is 13.6. The fraction of sp³-hybridized carbons (Fsp3) is 0.231. The predicted octanol–water partition coefficient (Wildman–Crippen LogP) is 5.57. The van der Waals surface area contributed by atoms with Crippen LogP contribution in [0.3, 0.4) is 0 Å². The lowest BCUT2D eigenvalue weighted by Crippen LogP contribution is -2.37. The molecule has 3 aromatic carbocycles. The summed E-state index contributed by atoms with van der Waals surface area (Å²) < 4.78 is 5.67. The summed E-state index contributed by atoms with van der Waals surface area (Å²) in [6.07, 6.45) is 0.554. The fourth-order valence-corrected chi connectivity index (χ4v) is 4.55. The largest absolute Gasteiger partial charge is 0.380 e. The number of halogens is 2. The van der Waals surface area contributed by atoms with Crippen molar-refractivity contribution in [1.82, 2.24) is 5.32 Å². The molecule has 1 aliphatic rings. The van der Waals surface area contributed by atoms with Gasteiger partial charge in [0, 0.05) is 35.1 Å². The Balaban J connectivity index is 1.59. The minimum Gasteiger partial charge on any atom is -0.380 e. The lowest BCUT2D eigenvalue weighted by molar-refractivity contribution is 0.0840. The third-order valence-electron chi connectivity index (χ3n) is 5.98. The first kappa shape index (κ1) is 24.2. The van der Waals surface area contributed by atoms with E-state index in [1.807, 2.05) is 19.2 Å². The van der Waals surface area contributed by atoms with Crippen molar-refractivity contribution >= 4 is 46.4 Å². The van der Waals surface area contributed by atoms with Crippen LogP contribution in [0.1, 0.15) is 38.7 Å². The van der Waals surface area contributed by atoms with E-state index in [9.17, 15) is 9.59 Å². The van der Waals surface area contributed by atoms with Gasteiger partial charge < -0.3 is 20.3 Å². The third kappa shape index (κ3) is 5.10. The van der Waals surface area contributed by atoms with E-state index in [-0.39, 0.29) is 24.0 Å². The van der Waals surface area contributed by atoms with E-state index in [0.717, 1.165) is 11.3 Å². The highest BCUT2D eigenvalue weighted by atomic mass is 35.5. The minimum absolute atomic E-state index is 0.00107. The zero-order chi connectivity index (χ0) is 24.2. The Morgan fingerprint density at radius 2 is 1.76 bits per heavy atom. The summed E-state index contributed by atoms with van der Waals surface area (Å²) in [6, 6.07) is 19.2. The normalized spacial score (nSPS) is 17.6. The molecule has 0 aliphatic carbocycles. The minimum atomic E-state index is -0.316. The predicted molar refractivity (Wildman–Crippen MR) is 136 cm³/mol. The molecule has 176 valence electrons. The third-order valence-corrected chi connectivity index (χ3v) is 6.54. The number of benzene rings is 3. The van der Waals surface area contributed by atoms with Gasteiger partial charge in [0.2, 0.25) is 0 Å². The maximum atomic E-state index is 13.6. The Morgan fingerprint density at radius 1 is 1.03 bits per heavy atom. The molecule has 0 fully saturated rings. The van der Waals surface area contributed by atoms with Gasteiger partial charge in [-0.3, -0.25) is 9.59 Å². The van der Waals surface area contributed by atoms with Crippen molar-refractivity contribution in [2.24, 2.45) is 0 Å². The molecular formula is C26H25Cl2N3O3. The van der Waals surface area contributed by atoms with Gasteiger partial charge in [-0.25, -0.2) is 0 Å². The number of methoxy groups -OCH3 is 1. The first-order chi connectivity index (χ1) is 16.4. The van der Waals surface area contributed by atoms with E-state index in [4.69, 9.17) is 27.9 Å². The molecule has 0 saturated carbocycles. The maximum Gasteiger partial charge on any atom is 0.258 e. The van der Waals surface area contributed by atoms with Crippen molar-refractivity contribution in [3.05, 3.63) is 93.5 Å². The van der Waals surface area contributed by atoms with Crippen molar-refractivity contribution in [3.63, 3.8) is 0 Å². The zero-order valence-electron chi connectivity index (χ0n) is 18.8. The Labute approximate surface area is 208 Å². The van der Waals surface area contributed by atoms with Crippen LogP contribution in [0.4, 0.5) is 11.4 Å². The van der Waals surface area contributed by atoms with Gasteiger partial charge in [0.25, 0.3) is 11.8 Å². The molecule has 6 nitrogen and oxygen atoms in total. The molecule has 2 N–H and O–H groups in total. The number of hydrogen-bond donors (Lipinski definition) is 2. The number of amides is 2. The van der Waals surface area contributed by atoms with Crippen LogP contribution in [0.2, 0.25) is 10.0 Å². The highest BCUT2D eigenvalue weighted by molar-refractivity contribution is 6.34. The molecule has 0 radical (unpaired) electrons. The number of carbonyl (C=O) groups excluding carboxylic acids is 2. The van der Waals surface area contributed by atoms with Crippen LogP contribution in [-0.4, -0.2) is 38.6 Å². The van der Waals surface area contributed by atoms with E-state index in [1.54, 1.807) is 66.6 Å². The molecule has 2 atom stereocenters. The highest BCUT2D eigenvalue weighted by Gasteiger charge is 2.31. The Hall–Kier alpha value is -2.90. The summed E-state index contributed by atoms with van der Waals surface area (Å²) in [4.78, 5) is 27.8. The molecule has 2 unspecified atom stereocenters. The number of nitrogens with one attached hydrogen (secondary N) is 2. The number of rotatable bonds is 5. The highest BCUT2D eigenvalue weighted by Crippen LogP contribution is 2.36. The number of carbonyl (C=O) groups is 2. The first-order valence-electron chi connectivity index (χ1n) is 10.9. The molecule has 0 saturated heterocycles. The van der Waals surface area contributed by atoms with Gasteiger partial charge >= 0.3 is 0 Å². The van der Waals surface area contributed by atoms with E-state index in [0.29, 0.717) is 39.8 Å². The van der Waals surface area contributed by atoms with Gasteiger partial charge in [-0.1, -0.05) is 35.3 Å². The summed E-state index contributed by atoms with van der Waals surface area (Å²) in [5.41, 5.74) is 3.19. The van der Waals surface area contributed by atoms with Crippen LogP contribution in [0.5, 0.6) is 0 Å². The Kier molecular flexibility index (Phi) is 7.54. The second kappa shape index (κ2) is 10.6.